The maximum absolute atomic E-state index is 4.35. The van der Waals surface area contributed by atoms with Gasteiger partial charge in [-0.2, -0.15) is 0 Å². The fourth-order valence-corrected chi connectivity index (χ4v) is 3.95. The van der Waals surface area contributed by atoms with Crippen molar-refractivity contribution < 1.29 is 0 Å². The Balaban J connectivity index is 1.53. The highest BCUT2D eigenvalue weighted by Gasteiger charge is 2.23. The van der Waals surface area contributed by atoms with Gasteiger partial charge >= 0.3 is 0 Å². The highest BCUT2D eigenvalue weighted by atomic mass is 32.1. The standard InChI is InChI=1S/C17H19N3S/c1-2-6-15-13(4-1)14-5-3-7-16(17(14)20-15)18-9-8-12-10-21-11-19-12/h1-2,4,6,10-11,16,18,20H,3,5,7-9H2. The van der Waals surface area contributed by atoms with Crippen LogP contribution in [0.1, 0.15) is 35.8 Å². The topological polar surface area (TPSA) is 40.7 Å². The maximum atomic E-state index is 4.35. The smallest absolute Gasteiger partial charge is 0.0794 e. The summed E-state index contributed by atoms with van der Waals surface area (Å²) in [5, 5.41) is 7.25. The molecule has 0 aliphatic heterocycles. The zero-order chi connectivity index (χ0) is 14.1. The molecular weight excluding hydrogens is 278 g/mol. The van der Waals surface area contributed by atoms with Crippen molar-refractivity contribution in [2.24, 2.45) is 0 Å². The van der Waals surface area contributed by atoms with Crippen molar-refractivity contribution in [3.63, 3.8) is 0 Å². The summed E-state index contributed by atoms with van der Waals surface area (Å²) in [6.07, 6.45) is 4.69. The molecule has 2 N–H and O–H groups in total. The van der Waals surface area contributed by atoms with E-state index < -0.39 is 0 Å². The molecule has 0 amide bonds. The van der Waals surface area contributed by atoms with Crippen LogP contribution in [-0.2, 0) is 12.8 Å². The largest absolute Gasteiger partial charge is 0.357 e. The molecule has 0 saturated heterocycles. The summed E-state index contributed by atoms with van der Waals surface area (Å²) in [7, 11) is 0. The van der Waals surface area contributed by atoms with Gasteiger partial charge in [-0.25, -0.2) is 4.98 Å². The van der Waals surface area contributed by atoms with E-state index in [1.54, 1.807) is 11.3 Å². The molecule has 0 saturated carbocycles. The number of aromatic amines is 1. The molecule has 2 heterocycles. The number of benzene rings is 1. The first-order valence-electron chi connectivity index (χ1n) is 7.62. The lowest BCUT2D eigenvalue weighted by molar-refractivity contribution is 0.455. The summed E-state index contributed by atoms with van der Waals surface area (Å²) in [5.74, 6) is 0. The molecule has 1 aliphatic carbocycles. The first-order valence-corrected chi connectivity index (χ1v) is 8.56. The van der Waals surface area contributed by atoms with Gasteiger partial charge in [-0.15, -0.1) is 11.3 Å². The van der Waals surface area contributed by atoms with Crippen LogP contribution in [-0.4, -0.2) is 16.5 Å². The van der Waals surface area contributed by atoms with Gasteiger partial charge in [0.2, 0.25) is 0 Å². The molecule has 21 heavy (non-hydrogen) atoms. The fraction of sp³-hybridized carbons (Fsp3) is 0.353. The second-order valence-corrected chi connectivity index (χ2v) is 6.41. The lowest BCUT2D eigenvalue weighted by Crippen LogP contribution is -2.27. The fourth-order valence-electron chi connectivity index (χ4n) is 3.35. The SMILES string of the molecule is c1ccc2c3c([nH]c2c1)C(NCCc1cscn1)CCC3. The number of thiazole rings is 1. The molecule has 3 nitrogen and oxygen atoms in total. The third-order valence-corrected chi connectivity index (χ3v) is 5.01. The molecule has 1 aromatic carbocycles. The molecule has 0 fully saturated rings. The predicted octanol–water partition coefficient (Wildman–Crippen LogP) is 3.83. The predicted molar refractivity (Wildman–Crippen MR) is 87.8 cm³/mol. The number of aryl methyl sites for hydroxylation is 1. The number of hydrogen-bond donors (Lipinski definition) is 2. The van der Waals surface area contributed by atoms with Gasteiger partial charge in [0, 0.05) is 41.0 Å². The maximum Gasteiger partial charge on any atom is 0.0794 e. The van der Waals surface area contributed by atoms with E-state index in [-0.39, 0.29) is 0 Å². The number of para-hydroxylation sites is 1. The number of nitrogens with zero attached hydrogens (tertiary/aromatic N) is 1. The summed E-state index contributed by atoms with van der Waals surface area (Å²) < 4.78 is 0. The van der Waals surface area contributed by atoms with Crippen LogP contribution in [0.2, 0.25) is 0 Å². The second kappa shape index (κ2) is 5.62. The van der Waals surface area contributed by atoms with E-state index in [0.29, 0.717) is 6.04 Å². The monoisotopic (exact) mass is 297 g/mol. The third-order valence-electron chi connectivity index (χ3n) is 4.37. The number of aromatic nitrogens is 2. The Morgan fingerprint density at radius 3 is 3.19 bits per heavy atom. The molecule has 0 radical (unpaired) electrons. The Morgan fingerprint density at radius 2 is 2.29 bits per heavy atom. The van der Waals surface area contributed by atoms with E-state index in [1.165, 1.54) is 47.1 Å². The first-order chi connectivity index (χ1) is 10.4. The van der Waals surface area contributed by atoms with Crippen LogP contribution in [0, 0.1) is 0 Å². The van der Waals surface area contributed by atoms with Gasteiger partial charge in [0.15, 0.2) is 0 Å². The minimum Gasteiger partial charge on any atom is -0.357 e. The van der Waals surface area contributed by atoms with Crippen molar-refractivity contribution >= 4 is 22.2 Å². The summed E-state index contributed by atoms with van der Waals surface area (Å²) in [6, 6.07) is 9.12. The molecule has 0 spiro atoms. The van der Waals surface area contributed by atoms with E-state index in [2.05, 4.69) is 44.9 Å². The van der Waals surface area contributed by atoms with Crippen molar-refractivity contribution in [3.05, 3.63) is 52.1 Å². The number of nitrogens with one attached hydrogen (secondary N) is 2. The first kappa shape index (κ1) is 13.0. The zero-order valence-corrected chi connectivity index (χ0v) is 12.7. The van der Waals surface area contributed by atoms with Crippen LogP contribution in [0.4, 0.5) is 0 Å². The van der Waals surface area contributed by atoms with E-state index in [1.807, 2.05) is 5.51 Å². The van der Waals surface area contributed by atoms with Crippen LogP contribution in [0.5, 0.6) is 0 Å². The van der Waals surface area contributed by atoms with Crippen molar-refractivity contribution in [3.8, 4) is 0 Å². The second-order valence-electron chi connectivity index (χ2n) is 5.69. The Bertz CT molecular complexity index is 730. The van der Waals surface area contributed by atoms with Crippen LogP contribution < -0.4 is 5.32 Å². The summed E-state index contributed by atoms with van der Waals surface area (Å²) in [4.78, 5) is 7.98. The molecule has 0 bridgehead atoms. The average Bonchev–Trinajstić information content (AvgIpc) is 3.15. The summed E-state index contributed by atoms with van der Waals surface area (Å²) in [6.45, 7) is 0.989. The van der Waals surface area contributed by atoms with Gasteiger partial charge in [0.1, 0.15) is 0 Å². The Hall–Kier alpha value is -1.65. The van der Waals surface area contributed by atoms with Crippen LogP contribution in [0.25, 0.3) is 10.9 Å². The van der Waals surface area contributed by atoms with Gasteiger partial charge < -0.3 is 10.3 Å². The minimum absolute atomic E-state index is 0.458. The van der Waals surface area contributed by atoms with Gasteiger partial charge in [0.05, 0.1) is 11.2 Å². The molecule has 4 rings (SSSR count). The number of H-pyrrole nitrogens is 1. The lowest BCUT2D eigenvalue weighted by atomic mass is 9.91. The molecular formula is C17H19N3S. The summed E-state index contributed by atoms with van der Waals surface area (Å²) in [5.41, 5.74) is 7.30. The van der Waals surface area contributed by atoms with E-state index in [0.717, 1.165) is 13.0 Å². The molecule has 1 unspecified atom stereocenters. The van der Waals surface area contributed by atoms with E-state index in [4.69, 9.17) is 0 Å². The van der Waals surface area contributed by atoms with Crippen molar-refractivity contribution in [2.75, 3.05) is 6.54 Å². The zero-order valence-electron chi connectivity index (χ0n) is 11.9. The molecule has 1 aliphatic rings. The molecule has 108 valence electrons. The molecule has 2 aromatic heterocycles. The Morgan fingerprint density at radius 1 is 1.33 bits per heavy atom. The van der Waals surface area contributed by atoms with Gasteiger partial charge in [-0.3, -0.25) is 0 Å². The number of hydrogen-bond acceptors (Lipinski definition) is 3. The van der Waals surface area contributed by atoms with Crippen LogP contribution in [0.15, 0.2) is 35.2 Å². The number of fused-ring (bicyclic) bond motifs is 3. The molecule has 3 aromatic rings. The molecule has 4 heteroatoms. The lowest BCUT2D eigenvalue weighted by Gasteiger charge is -2.23. The molecule has 1 atom stereocenters. The highest BCUT2D eigenvalue weighted by molar-refractivity contribution is 7.07. The Kier molecular flexibility index (Phi) is 3.49. The van der Waals surface area contributed by atoms with Gasteiger partial charge in [-0.1, -0.05) is 18.2 Å². The van der Waals surface area contributed by atoms with Crippen LogP contribution >= 0.6 is 11.3 Å². The van der Waals surface area contributed by atoms with E-state index in [9.17, 15) is 0 Å². The Labute approximate surface area is 128 Å². The van der Waals surface area contributed by atoms with Crippen molar-refractivity contribution in [1.29, 1.82) is 0 Å². The van der Waals surface area contributed by atoms with E-state index >= 15 is 0 Å². The van der Waals surface area contributed by atoms with Crippen molar-refractivity contribution in [1.82, 2.24) is 15.3 Å². The minimum atomic E-state index is 0.458. The quantitative estimate of drug-likeness (QED) is 0.768. The van der Waals surface area contributed by atoms with Crippen molar-refractivity contribution in [2.45, 2.75) is 31.7 Å². The van der Waals surface area contributed by atoms with Gasteiger partial charge in [0.25, 0.3) is 0 Å². The van der Waals surface area contributed by atoms with Crippen LogP contribution in [0.3, 0.4) is 0 Å². The number of rotatable bonds is 4. The third kappa shape index (κ3) is 2.49. The average molecular weight is 297 g/mol. The summed E-state index contributed by atoms with van der Waals surface area (Å²) >= 11 is 1.67. The normalized spacial score (nSPS) is 18.0. The highest BCUT2D eigenvalue weighted by Crippen LogP contribution is 2.34. The van der Waals surface area contributed by atoms with Gasteiger partial charge in [-0.05, 0) is 30.9 Å².